The largest absolute Gasteiger partial charge is 0.433 e. The van der Waals surface area contributed by atoms with Gasteiger partial charge >= 0.3 is 5.97 Å². The average Bonchev–Trinajstić information content (AvgIpc) is 3.32. The molecule has 4 saturated heterocycles. The van der Waals surface area contributed by atoms with Crippen LogP contribution in [-0.4, -0.2) is 194 Å². The first-order chi connectivity index (χ1) is 33.3. The van der Waals surface area contributed by atoms with Crippen LogP contribution < -0.4 is 0 Å². The van der Waals surface area contributed by atoms with Gasteiger partial charge in [-0.3, -0.25) is 4.79 Å². The molecule has 4 heterocycles. The molecule has 4 aliphatic heterocycles. The summed E-state index contributed by atoms with van der Waals surface area (Å²) in [5, 5.41) is 108. The van der Waals surface area contributed by atoms with Gasteiger partial charge in [0.25, 0.3) is 0 Å². The van der Waals surface area contributed by atoms with Gasteiger partial charge in [-0.15, -0.1) is 0 Å². The Morgan fingerprint density at radius 2 is 1.30 bits per heavy atom. The molecule has 0 aromatic rings. The van der Waals surface area contributed by atoms with Crippen molar-refractivity contribution in [2.24, 2.45) is 56.7 Å². The van der Waals surface area contributed by atoms with E-state index in [-0.39, 0.29) is 39.4 Å². The minimum atomic E-state index is -1.86. The van der Waals surface area contributed by atoms with Crippen LogP contribution in [0.3, 0.4) is 0 Å². The van der Waals surface area contributed by atoms with Crippen molar-refractivity contribution in [1.82, 2.24) is 0 Å². The maximum absolute atomic E-state index is 14.5. The summed E-state index contributed by atoms with van der Waals surface area (Å²) in [5.41, 5.74) is 0.0591. The van der Waals surface area contributed by atoms with Gasteiger partial charge in [0.1, 0.15) is 79.5 Å². The monoisotopic (exact) mass is 1010 g/mol. The van der Waals surface area contributed by atoms with Crippen molar-refractivity contribution >= 4 is 12.3 Å². The second kappa shape index (κ2) is 19.6. The Morgan fingerprint density at radius 1 is 0.648 bits per heavy atom. The molecule has 5 aliphatic carbocycles. The number of carbonyl (C=O) groups is 2. The number of aliphatic hydroxyl groups excluding tert-OH is 10. The highest BCUT2D eigenvalue weighted by Crippen LogP contribution is 2.74. The van der Waals surface area contributed by atoms with Crippen LogP contribution in [0.25, 0.3) is 0 Å². The van der Waals surface area contributed by atoms with Gasteiger partial charge < -0.3 is 93.8 Å². The lowest BCUT2D eigenvalue weighted by Crippen LogP contribution is -2.65. The maximum atomic E-state index is 14.5. The van der Waals surface area contributed by atoms with E-state index in [0.717, 1.165) is 51.2 Å². The molecule has 27 atom stereocenters. The molecular weight excluding hydrogens is 933 g/mol. The number of esters is 1. The number of allylic oxidation sites excluding steroid dienone is 2. The molecule has 9 aliphatic rings. The van der Waals surface area contributed by atoms with Crippen LogP contribution >= 0.6 is 0 Å². The summed E-state index contributed by atoms with van der Waals surface area (Å²) in [6.45, 7) is 13.7. The van der Waals surface area contributed by atoms with E-state index < -0.39 is 148 Å². The summed E-state index contributed by atoms with van der Waals surface area (Å²) < 4.78 is 46.2. The number of aldehydes is 1. The second-order valence-electron chi connectivity index (χ2n) is 24.5. The Morgan fingerprint density at radius 3 is 2.00 bits per heavy atom. The summed E-state index contributed by atoms with van der Waals surface area (Å²) in [6, 6.07) is 0. The molecule has 71 heavy (non-hydrogen) atoms. The van der Waals surface area contributed by atoms with Gasteiger partial charge in [-0.05, 0) is 110 Å². The Kier molecular flexibility index (Phi) is 14.9. The number of hydrogen-bond acceptors (Lipinski definition) is 20. The molecule has 0 aromatic heterocycles. The molecule has 0 amide bonds. The van der Waals surface area contributed by atoms with Crippen molar-refractivity contribution in [3.05, 3.63) is 11.6 Å². The first-order valence-corrected chi connectivity index (χ1v) is 25.9. The minimum Gasteiger partial charge on any atom is -0.433 e. The zero-order chi connectivity index (χ0) is 51.5. The first kappa shape index (κ1) is 54.0. The van der Waals surface area contributed by atoms with E-state index in [9.17, 15) is 60.7 Å². The number of ether oxygens (including phenoxy) is 8. The second-order valence-corrected chi connectivity index (χ2v) is 24.5. The van der Waals surface area contributed by atoms with Crippen molar-refractivity contribution in [3.8, 4) is 0 Å². The molecule has 20 nitrogen and oxygen atoms in total. The standard InChI is InChI=1S/C51H80O20/c1-22-33(56)36(59)41(70-43-37(60)34(57)27(53)18-64-43)46(67-22)68-29-20-66-44(38(61)35(29)58)69-40-28(54)19-65-45(39(40)62)71-42(63)25-17-47(2,3)16-24-23(25)10-14-50(6)26(24)8-9-31-48(4)13-12-32(55)49(5,21-52)30(48)11-15-51(31,50)7/h8,21-25,27-41,43-46,53-62H,9-20H2,1-7H3/t22-,23-,24+,25-,27-,28-,29-,30-,31-,32+,33-,34+,35+,36+,37-,38-,39-,40+,41-,43+,44+,45+,46+,48+,49+,50-,51-/m0/s1. The number of rotatable bonds is 9. The molecule has 0 aromatic carbocycles. The molecule has 0 radical (unpaired) electrons. The Balaban J connectivity index is 0.849. The van der Waals surface area contributed by atoms with Crippen LogP contribution in [0, 0.1) is 56.7 Å². The normalized spacial score (nSPS) is 55.1. The molecule has 4 saturated carbocycles. The summed E-state index contributed by atoms with van der Waals surface area (Å²) in [7, 11) is 0. The summed E-state index contributed by atoms with van der Waals surface area (Å²) in [5.74, 6) is -0.563. The highest BCUT2D eigenvalue weighted by molar-refractivity contribution is 5.73. The maximum Gasteiger partial charge on any atom is 0.311 e. The number of carbonyl (C=O) groups excluding carboxylic acids is 2. The zero-order valence-corrected chi connectivity index (χ0v) is 42.0. The van der Waals surface area contributed by atoms with E-state index in [0.29, 0.717) is 18.8 Å². The van der Waals surface area contributed by atoms with Gasteiger partial charge in [-0.1, -0.05) is 53.2 Å². The highest BCUT2D eigenvalue weighted by Gasteiger charge is 2.68. The smallest absolute Gasteiger partial charge is 0.311 e. The molecule has 0 bridgehead atoms. The van der Waals surface area contributed by atoms with Gasteiger partial charge in [0, 0.05) is 0 Å². The lowest BCUT2D eigenvalue weighted by Gasteiger charge is -2.70. The number of hydrogen-bond donors (Lipinski definition) is 10. The van der Waals surface area contributed by atoms with Crippen molar-refractivity contribution in [2.75, 3.05) is 19.8 Å². The number of aliphatic hydroxyl groups is 10. The number of fused-ring (bicyclic) bond motifs is 7. The quantitative estimate of drug-likeness (QED) is 0.0822. The van der Waals surface area contributed by atoms with Crippen molar-refractivity contribution in [2.45, 2.75) is 217 Å². The Bertz CT molecular complexity index is 1970. The van der Waals surface area contributed by atoms with Crippen LogP contribution in [-0.2, 0) is 47.5 Å². The molecule has 20 heteroatoms. The van der Waals surface area contributed by atoms with Gasteiger partial charge in [0.15, 0.2) is 18.9 Å². The third kappa shape index (κ3) is 9.00. The predicted molar refractivity (Wildman–Crippen MR) is 244 cm³/mol. The van der Waals surface area contributed by atoms with Gasteiger partial charge in [-0.25, -0.2) is 0 Å². The van der Waals surface area contributed by atoms with E-state index in [1.165, 1.54) is 12.5 Å². The van der Waals surface area contributed by atoms with E-state index in [1.54, 1.807) is 0 Å². The molecule has 9 rings (SSSR count). The highest BCUT2D eigenvalue weighted by atomic mass is 16.8. The fourth-order valence-corrected chi connectivity index (χ4v) is 15.6. The molecular formula is C51H80O20. The summed E-state index contributed by atoms with van der Waals surface area (Å²) in [6.07, 6.45) is -16.6. The van der Waals surface area contributed by atoms with Crippen LogP contribution in [0.2, 0.25) is 0 Å². The summed E-state index contributed by atoms with van der Waals surface area (Å²) in [4.78, 5) is 27.2. The van der Waals surface area contributed by atoms with Crippen molar-refractivity contribution in [3.63, 3.8) is 0 Å². The van der Waals surface area contributed by atoms with E-state index in [4.69, 9.17) is 37.9 Å². The van der Waals surface area contributed by atoms with Gasteiger partial charge in [0.05, 0.1) is 43.4 Å². The Labute approximate surface area is 414 Å². The van der Waals surface area contributed by atoms with Crippen LogP contribution in [0.1, 0.15) is 106 Å². The van der Waals surface area contributed by atoms with E-state index in [2.05, 4.69) is 40.7 Å². The third-order valence-corrected chi connectivity index (χ3v) is 19.9. The Hall–Kier alpha value is -1.80. The lowest BCUT2D eigenvalue weighted by atomic mass is 9.34. The average molecular weight is 1010 g/mol. The molecule has 404 valence electrons. The third-order valence-electron chi connectivity index (χ3n) is 19.9. The molecule has 0 spiro atoms. The molecule has 10 N–H and O–H groups in total. The van der Waals surface area contributed by atoms with Gasteiger partial charge in [-0.2, -0.15) is 0 Å². The van der Waals surface area contributed by atoms with Crippen molar-refractivity contribution < 1.29 is 98.5 Å². The van der Waals surface area contributed by atoms with E-state index in [1.807, 2.05) is 6.92 Å². The molecule has 8 fully saturated rings. The SMILES string of the molecule is C[C@@H]1O[C@H](O[C@H]2CO[C@H](O[C@H]3[C@H](O)[C@@H](OC(=O)[C@H]4CC(C)(C)C[C@H]5C6=CC[C@H]7[C@]8(C)CC[C@@H](O)[C@](C)(C=O)[C@H]8CC[C@]7(C)[C@@]6(C)CC[C@H]45)OC[C@@H]3O)[C@@H](O)[C@@H]2O)[C@@H](O[C@H]2OC[C@H](O)[C@@H](O)[C@@H]2O)[C@H](O)[C@H]1O. The zero-order valence-electron chi connectivity index (χ0n) is 42.0. The fourth-order valence-electron chi connectivity index (χ4n) is 15.6. The lowest BCUT2D eigenvalue weighted by molar-refractivity contribution is -0.377. The topological polar surface area (TPSA) is 310 Å². The van der Waals surface area contributed by atoms with Crippen LogP contribution in [0.4, 0.5) is 0 Å². The van der Waals surface area contributed by atoms with Crippen molar-refractivity contribution in [1.29, 1.82) is 0 Å². The summed E-state index contributed by atoms with van der Waals surface area (Å²) >= 11 is 0. The predicted octanol–water partition coefficient (Wildman–Crippen LogP) is -0.0555. The minimum absolute atomic E-state index is 0.0302. The van der Waals surface area contributed by atoms with Gasteiger partial charge in [0.2, 0.25) is 6.29 Å². The first-order valence-electron chi connectivity index (χ1n) is 25.9. The molecule has 0 unspecified atom stereocenters. The van der Waals surface area contributed by atoms with Crippen LogP contribution in [0.15, 0.2) is 11.6 Å². The van der Waals surface area contributed by atoms with E-state index >= 15 is 0 Å². The fraction of sp³-hybridized carbons (Fsp3) is 0.922. The van der Waals surface area contributed by atoms with Crippen LogP contribution in [0.5, 0.6) is 0 Å².